The summed E-state index contributed by atoms with van der Waals surface area (Å²) in [7, 11) is 0. The van der Waals surface area contributed by atoms with Gasteiger partial charge in [-0.25, -0.2) is 0 Å². The Morgan fingerprint density at radius 2 is 2.10 bits per heavy atom. The van der Waals surface area contributed by atoms with E-state index in [1.165, 1.54) is 0 Å². The normalized spacial score (nSPS) is 22.4. The van der Waals surface area contributed by atoms with Gasteiger partial charge in [0.05, 0.1) is 16.1 Å². The van der Waals surface area contributed by atoms with Crippen molar-refractivity contribution in [3.63, 3.8) is 0 Å². The lowest BCUT2D eigenvalue weighted by Crippen LogP contribution is -2.18. The van der Waals surface area contributed by atoms with Crippen molar-refractivity contribution >= 4 is 23.2 Å². The van der Waals surface area contributed by atoms with E-state index in [-0.39, 0.29) is 12.2 Å². The highest BCUT2D eigenvalue weighted by atomic mass is 35.5. The maximum atomic E-state index is 5.98. The minimum Gasteiger partial charge on any atom is -0.364 e. The summed E-state index contributed by atoms with van der Waals surface area (Å²) in [6, 6.07) is 5.20. The fourth-order valence-electron chi connectivity index (χ4n) is 2.18. The molecule has 3 rings (SSSR count). The van der Waals surface area contributed by atoms with Crippen LogP contribution in [0.15, 0.2) is 22.7 Å². The van der Waals surface area contributed by atoms with Crippen molar-refractivity contribution < 1.29 is 9.26 Å². The van der Waals surface area contributed by atoms with Gasteiger partial charge < -0.3 is 15.0 Å². The van der Waals surface area contributed by atoms with Gasteiger partial charge in [-0.1, -0.05) is 28.4 Å². The molecule has 1 aromatic carbocycles. The average Bonchev–Trinajstić information content (AvgIpc) is 3.09. The summed E-state index contributed by atoms with van der Waals surface area (Å²) < 4.78 is 11.0. The van der Waals surface area contributed by atoms with E-state index < -0.39 is 0 Å². The highest BCUT2D eigenvalue weighted by Crippen LogP contribution is 2.33. The average molecular weight is 314 g/mol. The van der Waals surface area contributed by atoms with Crippen molar-refractivity contribution in [1.82, 2.24) is 10.1 Å². The molecule has 0 saturated carbocycles. The van der Waals surface area contributed by atoms with Gasteiger partial charge in [0.15, 0.2) is 0 Å². The van der Waals surface area contributed by atoms with E-state index in [2.05, 4.69) is 10.1 Å². The van der Waals surface area contributed by atoms with Crippen LogP contribution in [0.2, 0.25) is 10.0 Å². The summed E-state index contributed by atoms with van der Waals surface area (Å²) in [6.45, 7) is 0.504. The molecule has 0 amide bonds. The van der Waals surface area contributed by atoms with Crippen LogP contribution in [0, 0.1) is 0 Å². The Morgan fingerprint density at radius 3 is 2.80 bits per heavy atom. The highest BCUT2D eigenvalue weighted by molar-refractivity contribution is 6.42. The molecule has 0 aliphatic carbocycles. The molecule has 20 heavy (non-hydrogen) atoms. The van der Waals surface area contributed by atoms with E-state index in [0.29, 0.717) is 28.3 Å². The van der Waals surface area contributed by atoms with Gasteiger partial charge in [0.2, 0.25) is 5.82 Å². The molecular weight excluding hydrogens is 301 g/mol. The largest absolute Gasteiger partial charge is 0.364 e. The van der Waals surface area contributed by atoms with Gasteiger partial charge in [-0.15, -0.1) is 0 Å². The van der Waals surface area contributed by atoms with Crippen molar-refractivity contribution in [2.45, 2.75) is 25.0 Å². The minimum absolute atomic E-state index is 0.0697. The van der Waals surface area contributed by atoms with Crippen LogP contribution >= 0.6 is 23.2 Å². The molecule has 7 heteroatoms. The summed E-state index contributed by atoms with van der Waals surface area (Å²) >= 11 is 11.9. The van der Waals surface area contributed by atoms with Crippen LogP contribution in [-0.4, -0.2) is 22.8 Å². The summed E-state index contributed by atoms with van der Waals surface area (Å²) in [5, 5.41) is 4.90. The van der Waals surface area contributed by atoms with Crippen LogP contribution in [0.1, 0.15) is 24.8 Å². The second kappa shape index (κ2) is 5.69. The van der Waals surface area contributed by atoms with Gasteiger partial charge >= 0.3 is 0 Å². The number of hydrogen-bond acceptors (Lipinski definition) is 5. The molecule has 1 aliphatic rings. The number of aromatic nitrogens is 2. The second-order valence-corrected chi connectivity index (χ2v) is 5.46. The van der Waals surface area contributed by atoms with Crippen molar-refractivity contribution in [1.29, 1.82) is 0 Å². The van der Waals surface area contributed by atoms with Crippen LogP contribution in [0.4, 0.5) is 0 Å². The number of rotatable bonds is 3. The summed E-state index contributed by atoms with van der Waals surface area (Å²) in [4.78, 5) is 4.36. The Hall–Kier alpha value is -1.14. The lowest BCUT2D eigenvalue weighted by Gasteiger charge is -2.07. The molecular formula is C13H13Cl2N3O2. The summed E-state index contributed by atoms with van der Waals surface area (Å²) in [5.74, 6) is 0.945. The number of ether oxygens (including phenoxy) is 1. The minimum atomic E-state index is -0.174. The number of benzene rings is 1. The number of halogens is 2. The standard InChI is InChI=1S/C13H13Cl2N3O2/c14-9-3-1-7(5-10(9)15)12-17-13(20-18-12)11-4-2-8(6-16)19-11/h1,3,5,8,11H,2,4,6,16H2. The van der Waals surface area contributed by atoms with Gasteiger partial charge in [0.25, 0.3) is 5.89 Å². The lowest BCUT2D eigenvalue weighted by molar-refractivity contribution is 0.0307. The molecule has 1 saturated heterocycles. The molecule has 0 bridgehead atoms. The van der Waals surface area contributed by atoms with Gasteiger partial charge in [-0.2, -0.15) is 4.98 Å². The third kappa shape index (κ3) is 2.67. The molecule has 2 unspecified atom stereocenters. The van der Waals surface area contributed by atoms with E-state index in [9.17, 15) is 0 Å². The zero-order valence-corrected chi connectivity index (χ0v) is 12.1. The summed E-state index contributed by atoms with van der Waals surface area (Å²) in [6.07, 6.45) is 1.64. The van der Waals surface area contributed by atoms with Gasteiger partial charge in [0, 0.05) is 12.1 Å². The van der Waals surface area contributed by atoms with Crippen molar-refractivity contribution in [3.8, 4) is 11.4 Å². The second-order valence-electron chi connectivity index (χ2n) is 4.64. The summed E-state index contributed by atoms with van der Waals surface area (Å²) in [5.41, 5.74) is 6.33. The predicted molar refractivity (Wildman–Crippen MR) is 75.7 cm³/mol. The van der Waals surface area contributed by atoms with Crippen LogP contribution in [0.3, 0.4) is 0 Å². The maximum Gasteiger partial charge on any atom is 0.256 e. The fraction of sp³-hybridized carbons (Fsp3) is 0.385. The molecule has 1 aliphatic heterocycles. The first-order valence-electron chi connectivity index (χ1n) is 6.32. The van der Waals surface area contributed by atoms with Gasteiger partial charge in [-0.3, -0.25) is 0 Å². The van der Waals surface area contributed by atoms with Crippen molar-refractivity contribution in [3.05, 3.63) is 34.1 Å². The maximum absolute atomic E-state index is 5.98. The Labute approximate surface area is 126 Å². The van der Waals surface area contributed by atoms with Crippen LogP contribution in [0.25, 0.3) is 11.4 Å². The van der Waals surface area contributed by atoms with E-state index in [4.69, 9.17) is 38.2 Å². The van der Waals surface area contributed by atoms with E-state index >= 15 is 0 Å². The molecule has 1 fully saturated rings. The first-order chi connectivity index (χ1) is 9.67. The number of nitrogens with two attached hydrogens (primary N) is 1. The van der Waals surface area contributed by atoms with Crippen LogP contribution in [0.5, 0.6) is 0 Å². The molecule has 0 spiro atoms. The Bertz CT molecular complexity index is 617. The quantitative estimate of drug-likeness (QED) is 0.941. The first kappa shape index (κ1) is 13.8. The third-order valence-corrected chi connectivity index (χ3v) is 4.00. The lowest BCUT2D eigenvalue weighted by atomic mass is 10.2. The molecule has 1 aromatic heterocycles. The predicted octanol–water partition coefficient (Wildman–Crippen LogP) is 3.22. The van der Waals surface area contributed by atoms with E-state index in [0.717, 1.165) is 18.4 Å². The van der Waals surface area contributed by atoms with Crippen molar-refractivity contribution in [2.75, 3.05) is 6.54 Å². The molecule has 2 atom stereocenters. The Kier molecular flexibility index (Phi) is 3.94. The van der Waals surface area contributed by atoms with Crippen molar-refractivity contribution in [2.24, 2.45) is 5.73 Å². The van der Waals surface area contributed by atoms with Crippen LogP contribution < -0.4 is 5.73 Å². The molecule has 106 valence electrons. The first-order valence-corrected chi connectivity index (χ1v) is 7.07. The number of hydrogen-bond donors (Lipinski definition) is 1. The Balaban J connectivity index is 1.81. The molecule has 2 heterocycles. The molecule has 0 radical (unpaired) electrons. The smallest absolute Gasteiger partial charge is 0.256 e. The fourth-order valence-corrected chi connectivity index (χ4v) is 2.48. The SMILES string of the molecule is NCC1CCC(c2nc(-c3ccc(Cl)c(Cl)c3)no2)O1. The molecule has 2 N–H and O–H groups in total. The molecule has 2 aromatic rings. The van der Waals surface area contributed by atoms with Crippen LogP contribution in [-0.2, 0) is 4.74 Å². The van der Waals surface area contributed by atoms with Gasteiger partial charge in [0.1, 0.15) is 6.10 Å². The highest BCUT2D eigenvalue weighted by Gasteiger charge is 2.30. The van der Waals surface area contributed by atoms with Gasteiger partial charge in [-0.05, 0) is 31.0 Å². The topological polar surface area (TPSA) is 74.2 Å². The zero-order chi connectivity index (χ0) is 14.1. The van der Waals surface area contributed by atoms with E-state index in [1.807, 2.05) is 0 Å². The third-order valence-electron chi connectivity index (χ3n) is 3.27. The molecule has 5 nitrogen and oxygen atoms in total. The Morgan fingerprint density at radius 1 is 1.25 bits per heavy atom. The zero-order valence-electron chi connectivity index (χ0n) is 10.6. The number of nitrogens with zero attached hydrogens (tertiary/aromatic N) is 2. The van der Waals surface area contributed by atoms with E-state index in [1.54, 1.807) is 18.2 Å². The monoisotopic (exact) mass is 313 g/mol.